The minimum atomic E-state index is -0.760. The molecule has 0 bridgehead atoms. The minimum Gasteiger partial charge on any atom is -0.497 e. The number of rotatable bonds is 7. The van der Waals surface area contributed by atoms with Crippen LogP contribution in [0.15, 0.2) is 60.8 Å². The lowest BCUT2D eigenvalue weighted by molar-refractivity contribution is 0.215. The molecule has 2 N–H and O–H groups in total. The molecule has 0 aliphatic carbocycles. The van der Waals surface area contributed by atoms with Crippen molar-refractivity contribution in [2.45, 2.75) is 19.6 Å². The van der Waals surface area contributed by atoms with Crippen LogP contribution >= 0.6 is 0 Å². The van der Waals surface area contributed by atoms with E-state index in [4.69, 9.17) is 9.47 Å². The molecule has 0 aliphatic rings. The van der Waals surface area contributed by atoms with Crippen LogP contribution in [0.1, 0.15) is 28.5 Å². The topological polar surface area (TPSA) is 63.6 Å². The summed E-state index contributed by atoms with van der Waals surface area (Å²) in [5.41, 5.74) is 4.53. The van der Waals surface area contributed by atoms with Gasteiger partial charge in [-0.25, -0.2) is 0 Å². The molecule has 1 unspecified atom stereocenters. The number of aliphatic hydroxyl groups is 1. The smallest absolute Gasteiger partial charge is 0.122 e. The van der Waals surface area contributed by atoms with Crippen LogP contribution in [0.4, 0.5) is 5.69 Å². The Morgan fingerprint density at radius 1 is 1.00 bits per heavy atom. The molecule has 0 spiro atoms. The summed E-state index contributed by atoms with van der Waals surface area (Å²) in [6, 6.07) is 17.2. The molecular weight excluding hydrogens is 340 g/mol. The van der Waals surface area contributed by atoms with Gasteiger partial charge in [-0.1, -0.05) is 18.2 Å². The van der Waals surface area contributed by atoms with Gasteiger partial charge in [-0.3, -0.25) is 4.98 Å². The summed E-state index contributed by atoms with van der Waals surface area (Å²) in [7, 11) is 3.28. The zero-order chi connectivity index (χ0) is 19.2. The highest BCUT2D eigenvalue weighted by Gasteiger charge is 2.13. The first-order valence-corrected chi connectivity index (χ1v) is 8.76. The lowest BCUT2D eigenvalue weighted by atomic mass is 10.0. The fourth-order valence-electron chi connectivity index (χ4n) is 2.87. The Kier molecular flexibility index (Phi) is 5.94. The number of methoxy groups -OCH3 is 2. The number of ether oxygens (including phenoxy) is 2. The van der Waals surface area contributed by atoms with Gasteiger partial charge < -0.3 is 19.9 Å². The summed E-state index contributed by atoms with van der Waals surface area (Å²) in [4.78, 5) is 4.24. The quantitative estimate of drug-likeness (QED) is 0.661. The molecule has 1 aromatic heterocycles. The van der Waals surface area contributed by atoms with E-state index in [2.05, 4.69) is 10.3 Å². The molecule has 27 heavy (non-hydrogen) atoms. The standard InChI is InChI=1S/C22H24N2O3/c1-15-7-8-17(22(25)20-6-4-5-9-23-20)12-21(15)24-14-16-10-18(26-2)13-19(11-16)27-3/h4-13,22,24-25H,14H2,1-3H3. The Hall–Kier alpha value is -3.05. The molecule has 0 saturated heterocycles. The van der Waals surface area contributed by atoms with Gasteiger partial charge >= 0.3 is 0 Å². The highest BCUT2D eigenvalue weighted by molar-refractivity contribution is 5.54. The Balaban J connectivity index is 1.79. The van der Waals surface area contributed by atoms with Crippen LogP contribution < -0.4 is 14.8 Å². The highest BCUT2D eigenvalue weighted by Crippen LogP contribution is 2.27. The van der Waals surface area contributed by atoms with E-state index in [0.717, 1.165) is 33.9 Å². The number of aromatic nitrogens is 1. The van der Waals surface area contributed by atoms with Gasteiger partial charge in [-0.05, 0) is 53.9 Å². The van der Waals surface area contributed by atoms with Crippen molar-refractivity contribution in [2.75, 3.05) is 19.5 Å². The van der Waals surface area contributed by atoms with Gasteiger partial charge in [0.15, 0.2) is 0 Å². The molecule has 1 heterocycles. The average Bonchev–Trinajstić information content (AvgIpc) is 2.73. The maximum Gasteiger partial charge on any atom is 0.122 e. The van der Waals surface area contributed by atoms with Gasteiger partial charge in [-0.15, -0.1) is 0 Å². The Bertz CT molecular complexity index is 875. The zero-order valence-electron chi connectivity index (χ0n) is 15.8. The molecule has 1 atom stereocenters. The van der Waals surface area contributed by atoms with E-state index in [1.54, 1.807) is 20.4 Å². The number of aliphatic hydroxyl groups excluding tert-OH is 1. The van der Waals surface area contributed by atoms with Gasteiger partial charge in [0.1, 0.15) is 17.6 Å². The maximum absolute atomic E-state index is 10.6. The molecular formula is C22H24N2O3. The molecule has 5 nitrogen and oxygen atoms in total. The SMILES string of the molecule is COc1cc(CNc2cc(C(O)c3ccccn3)ccc2C)cc(OC)c1. The van der Waals surface area contributed by atoms with Crippen LogP contribution in [0.25, 0.3) is 0 Å². The summed E-state index contributed by atoms with van der Waals surface area (Å²) >= 11 is 0. The number of aryl methyl sites for hydroxylation is 1. The molecule has 0 aliphatic heterocycles. The third-order valence-electron chi connectivity index (χ3n) is 4.44. The van der Waals surface area contributed by atoms with Crippen LogP contribution in [0.3, 0.4) is 0 Å². The normalized spacial score (nSPS) is 11.7. The van der Waals surface area contributed by atoms with E-state index >= 15 is 0 Å². The van der Waals surface area contributed by atoms with Crippen molar-refractivity contribution in [3.8, 4) is 11.5 Å². The van der Waals surface area contributed by atoms with Crippen molar-refractivity contribution in [3.05, 3.63) is 83.2 Å². The van der Waals surface area contributed by atoms with Crippen molar-refractivity contribution in [1.82, 2.24) is 4.98 Å². The summed E-state index contributed by atoms with van der Waals surface area (Å²) < 4.78 is 10.6. The number of hydrogen-bond acceptors (Lipinski definition) is 5. The molecule has 5 heteroatoms. The average molecular weight is 364 g/mol. The van der Waals surface area contributed by atoms with Crippen molar-refractivity contribution >= 4 is 5.69 Å². The minimum absolute atomic E-state index is 0.609. The molecule has 3 rings (SSSR count). The Labute approximate surface area is 159 Å². The first kappa shape index (κ1) is 18.7. The predicted octanol–water partition coefficient (Wildman–Crippen LogP) is 4.10. The fraction of sp³-hybridized carbons (Fsp3) is 0.227. The van der Waals surface area contributed by atoms with Crippen molar-refractivity contribution in [3.63, 3.8) is 0 Å². The van der Waals surface area contributed by atoms with Gasteiger partial charge in [0.25, 0.3) is 0 Å². The van der Waals surface area contributed by atoms with E-state index < -0.39 is 6.10 Å². The molecule has 140 valence electrons. The second-order valence-corrected chi connectivity index (χ2v) is 6.31. The van der Waals surface area contributed by atoms with Gasteiger partial charge in [0, 0.05) is 24.5 Å². The summed E-state index contributed by atoms with van der Waals surface area (Å²) in [6.45, 7) is 2.64. The van der Waals surface area contributed by atoms with Crippen LogP contribution in [-0.2, 0) is 6.54 Å². The number of nitrogens with zero attached hydrogens (tertiary/aromatic N) is 1. The number of hydrogen-bond donors (Lipinski definition) is 2. The molecule has 0 saturated carbocycles. The maximum atomic E-state index is 10.6. The predicted molar refractivity (Wildman–Crippen MR) is 106 cm³/mol. The summed E-state index contributed by atoms with van der Waals surface area (Å²) in [5, 5.41) is 14.0. The second-order valence-electron chi connectivity index (χ2n) is 6.31. The molecule has 0 amide bonds. The summed E-state index contributed by atoms with van der Waals surface area (Å²) in [6.07, 6.45) is 0.923. The molecule has 0 radical (unpaired) electrons. The van der Waals surface area contributed by atoms with Crippen molar-refractivity contribution < 1.29 is 14.6 Å². The lowest BCUT2D eigenvalue weighted by Gasteiger charge is -2.16. The first-order valence-electron chi connectivity index (χ1n) is 8.76. The highest BCUT2D eigenvalue weighted by atomic mass is 16.5. The molecule has 0 fully saturated rings. The largest absolute Gasteiger partial charge is 0.497 e. The lowest BCUT2D eigenvalue weighted by Crippen LogP contribution is -2.06. The third-order valence-corrected chi connectivity index (χ3v) is 4.44. The van der Waals surface area contributed by atoms with E-state index in [9.17, 15) is 5.11 Å². The van der Waals surface area contributed by atoms with E-state index in [1.807, 2.05) is 61.5 Å². The van der Waals surface area contributed by atoms with Gasteiger partial charge in [-0.2, -0.15) is 0 Å². The van der Waals surface area contributed by atoms with Crippen LogP contribution in [-0.4, -0.2) is 24.3 Å². The Morgan fingerprint density at radius 2 is 1.74 bits per heavy atom. The van der Waals surface area contributed by atoms with Crippen LogP contribution in [0.2, 0.25) is 0 Å². The van der Waals surface area contributed by atoms with Crippen LogP contribution in [0.5, 0.6) is 11.5 Å². The molecule has 2 aromatic carbocycles. The van der Waals surface area contributed by atoms with Crippen LogP contribution in [0, 0.1) is 6.92 Å². The van der Waals surface area contributed by atoms with Crippen molar-refractivity contribution in [2.24, 2.45) is 0 Å². The number of anilines is 1. The Morgan fingerprint density at radius 3 is 2.37 bits per heavy atom. The van der Waals surface area contributed by atoms with E-state index in [1.165, 1.54) is 0 Å². The fourth-order valence-corrected chi connectivity index (χ4v) is 2.87. The second kappa shape index (κ2) is 8.56. The van der Waals surface area contributed by atoms with E-state index in [0.29, 0.717) is 12.2 Å². The summed E-state index contributed by atoms with van der Waals surface area (Å²) in [5.74, 6) is 1.50. The monoisotopic (exact) mass is 364 g/mol. The number of benzene rings is 2. The number of nitrogens with one attached hydrogen (secondary N) is 1. The first-order chi connectivity index (χ1) is 13.1. The van der Waals surface area contributed by atoms with Crippen molar-refractivity contribution in [1.29, 1.82) is 0 Å². The zero-order valence-corrected chi connectivity index (χ0v) is 15.8. The van der Waals surface area contributed by atoms with E-state index in [-0.39, 0.29) is 0 Å². The van der Waals surface area contributed by atoms with Gasteiger partial charge in [0.05, 0.1) is 19.9 Å². The number of pyridine rings is 1. The van der Waals surface area contributed by atoms with Gasteiger partial charge in [0.2, 0.25) is 0 Å². The molecule has 3 aromatic rings. The third kappa shape index (κ3) is 4.57.